The van der Waals surface area contributed by atoms with Gasteiger partial charge in [-0.05, 0) is 62.6 Å². The lowest BCUT2D eigenvalue weighted by Crippen LogP contribution is -2.40. The topological polar surface area (TPSA) is 41.4 Å². The molecule has 1 aromatic carbocycles. The maximum Gasteiger partial charge on any atom is 0.274 e. The summed E-state index contributed by atoms with van der Waals surface area (Å²) in [6.45, 7) is 7.35. The van der Waals surface area contributed by atoms with Crippen molar-refractivity contribution in [2.75, 3.05) is 32.7 Å². The molecule has 0 saturated carbocycles. The number of rotatable bonds is 5. The van der Waals surface area contributed by atoms with E-state index in [1.807, 2.05) is 24.9 Å². The molecule has 5 nitrogen and oxygen atoms in total. The fourth-order valence-electron chi connectivity index (χ4n) is 4.78. The fraction of sp³-hybridized carbons (Fsp3) is 0.565. The molecule has 1 aromatic heterocycles. The van der Waals surface area contributed by atoms with E-state index in [2.05, 4.69) is 40.3 Å². The molecule has 1 amide bonds. The van der Waals surface area contributed by atoms with Gasteiger partial charge in [-0.25, -0.2) is 0 Å². The van der Waals surface area contributed by atoms with Crippen LogP contribution < -0.4 is 0 Å². The van der Waals surface area contributed by atoms with Crippen LogP contribution in [0.5, 0.6) is 0 Å². The summed E-state index contributed by atoms with van der Waals surface area (Å²) in [7, 11) is 1.89. The van der Waals surface area contributed by atoms with Crippen molar-refractivity contribution < 1.29 is 4.79 Å². The first-order valence-corrected chi connectivity index (χ1v) is 10.7. The third kappa shape index (κ3) is 4.30. The average molecular weight is 381 g/mol. The highest BCUT2D eigenvalue weighted by atomic mass is 16.2. The monoisotopic (exact) mass is 380 g/mol. The fourth-order valence-corrected chi connectivity index (χ4v) is 4.78. The van der Waals surface area contributed by atoms with Crippen LogP contribution in [0.15, 0.2) is 36.4 Å². The SMILES string of the molecule is Cc1cc(C(=O)N2CCC(C3CCN(CCc4ccccc4)C3)CC2)nn1C. The van der Waals surface area contributed by atoms with Crippen LogP contribution in [0.3, 0.4) is 0 Å². The van der Waals surface area contributed by atoms with Crippen molar-refractivity contribution in [3.63, 3.8) is 0 Å². The first-order chi connectivity index (χ1) is 13.6. The Balaban J connectivity index is 1.23. The van der Waals surface area contributed by atoms with Crippen molar-refractivity contribution in [2.45, 2.75) is 32.6 Å². The molecule has 2 saturated heterocycles. The van der Waals surface area contributed by atoms with Crippen molar-refractivity contribution in [3.8, 4) is 0 Å². The summed E-state index contributed by atoms with van der Waals surface area (Å²) in [6, 6.07) is 12.7. The molecule has 2 fully saturated rings. The van der Waals surface area contributed by atoms with Gasteiger partial charge < -0.3 is 9.80 Å². The van der Waals surface area contributed by atoms with Gasteiger partial charge >= 0.3 is 0 Å². The smallest absolute Gasteiger partial charge is 0.274 e. The molecule has 0 radical (unpaired) electrons. The van der Waals surface area contributed by atoms with E-state index in [-0.39, 0.29) is 5.91 Å². The van der Waals surface area contributed by atoms with Crippen LogP contribution in [-0.4, -0.2) is 58.2 Å². The number of likely N-dealkylation sites (tertiary alicyclic amines) is 2. The number of hydrogen-bond acceptors (Lipinski definition) is 3. The second-order valence-electron chi connectivity index (χ2n) is 8.51. The molecule has 28 heavy (non-hydrogen) atoms. The molecule has 0 bridgehead atoms. The maximum absolute atomic E-state index is 12.7. The Morgan fingerprint density at radius 2 is 1.79 bits per heavy atom. The molecular weight excluding hydrogens is 348 g/mol. The number of piperidine rings is 1. The Bertz CT molecular complexity index is 773. The van der Waals surface area contributed by atoms with E-state index in [0.29, 0.717) is 5.69 Å². The number of carbonyl (C=O) groups excluding carboxylic acids is 1. The van der Waals surface area contributed by atoms with Gasteiger partial charge in [0.15, 0.2) is 5.69 Å². The summed E-state index contributed by atoms with van der Waals surface area (Å²) in [5.41, 5.74) is 3.05. The van der Waals surface area contributed by atoms with Crippen molar-refractivity contribution in [2.24, 2.45) is 18.9 Å². The van der Waals surface area contributed by atoms with Crippen molar-refractivity contribution in [1.82, 2.24) is 19.6 Å². The largest absolute Gasteiger partial charge is 0.337 e. The van der Waals surface area contributed by atoms with Crippen molar-refractivity contribution in [3.05, 3.63) is 53.3 Å². The van der Waals surface area contributed by atoms with Crippen LogP contribution in [0.2, 0.25) is 0 Å². The quantitative estimate of drug-likeness (QED) is 0.800. The molecule has 2 aliphatic rings. The summed E-state index contributed by atoms with van der Waals surface area (Å²) >= 11 is 0. The number of benzene rings is 1. The Kier molecular flexibility index (Phi) is 5.81. The lowest BCUT2D eigenvalue weighted by atomic mass is 9.83. The summed E-state index contributed by atoms with van der Waals surface area (Å²) in [5.74, 6) is 1.65. The molecule has 150 valence electrons. The highest BCUT2D eigenvalue weighted by Gasteiger charge is 2.33. The lowest BCUT2D eigenvalue weighted by Gasteiger charge is -2.34. The van der Waals surface area contributed by atoms with Gasteiger partial charge in [0.1, 0.15) is 0 Å². The third-order valence-electron chi connectivity index (χ3n) is 6.69. The number of amides is 1. The molecule has 1 unspecified atom stereocenters. The molecule has 5 heteroatoms. The molecule has 0 spiro atoms. The normalized spacial score (nSPS) is 21.4. The first kappa shape index (κ1) is 19.2. The number of hydrogen-bond donors (Lipinski definition) is 0. The van der Waals surface area contributed by atoms with Crippen LogP contribution in [-0.2, 0) is 13.5 Å². The molecule has 1 atom stereocenters. The maximum atomic E-state index is 12.7. The number of aryl methyl sites for hydroxylation is 2. The lowest BCUT2D eigenvalue weighted by molar-refractivity contribution is 0.0652. The van der Waals surface area contributed by atoms with E-state index in [9.17, 15) is 4.79 Å². The summed E-state index contributed by atoms with van der Waals surface area (Å²) in [5, 5.41) is 4.36. The van der Waals surface area contributed by atoms with Crippen LogP contribution >= 0.6 is 0 Å². The first-order valence-electron chi connectivity index (χ1n) is 10.7. The zero-order valence-electron chi connectivity index (χ0n) is 17.2. The Morgan fingerprint density at radius 1 is 1.07 bits per heavy atom. The zero-order valence-corrected chi connectivity index (χ0v) is 17.2. The molecule has 2 aromatic rings. The van der Waals surface area contributed by atoms with Crippen LogP contribution in [0.1, 0.15) is 41.0 Å². The molecule has 2 aliphatic heterocycles. The summed E-state index contributed by atoms with van der Waals surface area (Å²) in [4.78, 5) is 17.3. The van der Waals surface area contributed by atoms with Crippen molar-refractivity contribution >= 4 is 5.91 Å². The molecular formula is C23H32N4O. The van der Waals surface area contributed by atoms with Gasteiger partial charge in [0, 0.05) is 38.9 Å². The molecule has 0 N–H and O–H groups in total. The van der Waals surface area contributed by atoms with Crippen LogP contribution in [0.4, 0.5) is 0 Å². The molecule has 4 rings (SSSR count). The highest BCUT2D eigenvalue weighted by molar-refractivity contribution is 5.92. The van der Waals surface area contributed by atoms with Gasteiger partial charge in [0.2, 0.25) is 0 Å². The van der Waals surface area contributed by atoms with Crippen LogP contribution in [0.25, 0.3) is 0 Å². The van der Waals surface area contributed by atoms with E-state index in [0.717, 1.165) is 56.4 Å². The van der Waals surface area contributed by atoms with Gasteiger partial charge in [-0.1, -0.05) is 30.3 Å². The number of aromatic nitrogens is 2. The minimum Gasteiger partial charge on any atom is -0.337 e. The predicted molar refractivity (Wildman–Crippen MR) is 111 cm³/mol. The highest BCUT2D eigenvalue weighted by Crippen LogP contribution is 2.32. The van der Waals surface area contributed by atoms with Crippen LogP contribution in [0, 0.1) is 18.8 Å². The van der Waals surface area contributed by atoms with E-state index >= 15 is 0 Å². The minimum atomic E-state index is 0.0954. The Morgan fingerprint density at radius 3 is 2.46 bits per heavy atom. The Labute approximate surface area is 168 Å². The second-order valence-corrected chi connectivity index (χ2v) is 8.51. The number of carbonyl (C=O) groups is 1. The van der Waals surface area contributed by atoms with Crippen molar-refractivity contribution in [1.29, 1.82) is 0 Å². The molecule has 0 aliphatic carbocycles. The standard InChI is InChI=1S/C23H32N4O/c1-18-16-22(24-25(18)2)23(28)27-14-10-20(11-15-27)21-9-13-26(17-21)12-8-19-6-4-3-5-7-19/h3-7,16,20-21H,8-15,17H2,1-2H3. The van der Waals surface area contributed by atoms with Gasteiger partial charge in [0.25, 0.3) is 5.91 Å². The average Bonchev–Trinajstić information content (AvgIpc) is 3.34. The summed E-state index contributed by atoms with van der Waals surface area (Å²) < 4.78 is 1.78. The zero-order chi connectivity index (χ0) is 19.5. The van der Waals surface area contributed by atoms with E-state index in [1.54, 1.807) is 4.68 Å². The van der Waals surface area contributed by atoms with Gasteiger partial charge in [-0.15, -0.1) is 0 Å². The third-order valence-corrected chi connectivity index (χ3v) is 6.69. The number of nitrogens with zero attached hydrogens (tertiary/aromatic N) is 4. The Hall–Kier alpha value is -2.14. The second kappa shape index (κ2) is 8.48. The van der Waals surface area contributed by atoms with Gasteiger partial charge in [0.05, 0.1) is 0 Å². The predicted octanol–water partition coefficient (Wildman–Crippen LogP) is 3.15. The van der Waals surface area contributed by atoms with Gasteiger partial charge in [-0.3, -0.25) is 9.48 Å². The minimum absolute atomic E-state index is 0.0954. The summed E-state index contributed by atoms with van der Waals surface area (Å²) in [6.07, 6.45) is 4.72. The van der Waals surface area contributed by atoms with E-state index in [4.69, 9.17) is 0 Å². The molecule has 3 heterocycles. The van der Waals surface area contributed by atoms with Gasteiger partial charge in [-0.2, -0.15) is 5.10 Å². The van der Waals surface area contributed by atoms with E-state index < -0.39 is 0 Å². The van der Waals surface area contributed by atoms with E-state index in [1.165, 1.54) is 25.1 Å².